The SMILES string of the molecule is CC[C@H](C)NC(=O)CN1C(=O)C(=O)N(C(C)C)C1=O. The van der Waals surface area contributed by atoms with Crippen LogP contribution in [0.4, 0.5) is 4.79 Å². The molecule has 1 rings (SSSR count). The summed E-state index contributed by atoms with van der Waals surface area (Å²) in [7, 11) is 0. The second-order valence-electron chi connectivity index (χ2n) is 4.82. The summed E-state index contributed by atoms with van der Waals surface area (Å²) < 4.78 is 0. The van der Waals surface area contributed by atoms with Crippen molar-refractivity contribution in [3.63, 3.8) is 0 Å². The molecule has 1 fully saturated rings. The van der Waals surface area contributed by atoms with Crippen LogP contribution in [0.1, 0.15) is 34.1 Å². The van der Waals surface area contributed by atoms with Crippen molar-refractivity contribution in [1.29, 1.82) is 0 Å². The third kappa shape index (κ3) is 3.10. The highest BCUT2D eigenvalue weighted by atomic mass is 16.2. The Bertz CT molecular complexity index is 419. The lowest BCUT2D eigenvalue weighted by atomic mass is 10.2. The summed E-state index contributed by atoms with van der Waals surface area (Å²) in [6.45, 7) is 6.56. The lowest BCUT2D eigenvalue weighted by molar-refractivity contribution is -0.144. The van der Waals surface area contributed by atoms with Crippen molar-refractivity contribution in [2.75, 3.05) is 6.54 Å². The molecule has 0 unspecified atom stereocenters. The molecule has 5 amide bonds. The van der Waals surface area contributed by atoms with E-state index in [2.05, 4.69) is 5.32 Å². The topological polar surface area (TPSA) is 86.8 Å². The molecule has 1 atom stereocenters. The van der Waals surface area contributed by atoms with Crippen LogP contribution in [0.5, 0.6) is 0 Å². The zero-order chi connectivity index (χ0) is 14.7. The van der Waals surface area contributed by atoms with Gasteiger partial charge < -0.3 is 5.32 Å². The molecule has 1 N–H and O–H groups in total. The minimum Gasteiger partial charge on any atom is -0.352 e. The summed E-state index contributed by atoms with van der Waals surface area (Å²) in [5, 5.41) is 2.64. The molecular weight excluding hydrogens is 250 g/mol. The van der Waals surface area contributed by atoms with Crippen molar-refractivity contribution in [2.24, 2.45) is 0 Å². The number of nitrogens with zero attached hydrogens (tertiary/aromatic N) is 2. The molecular formula is C12H19N3O4. The molecule has 7 heteroatoms. The third-order valence-electron chi connectivity index (χ3n) is 2.92. The van der Waals surface area contributed by atoms with E-state index in [1.807, 2.05) is 13.8 Å². The van der Waals surface area contributed by atoms with Crippen LogP contribution < -0.4 is 5.32 Å². The molecule has 106 valence electrons. The molecule has 0 radical (unpaired) electrons. The van der Waals surface area contributed by atoms with Gasteiger partial charge in [0.2, 0.25) is 5.91 Å². The predicted molar refractivity (Wildman–Crippen MR) is 67.0 cm³/mol. The summed E-state index contributed by atoms with van der Waals surface area (Å²) in [5.74, 6) is -2.27. The summed E-state index contributed by atoms with van der Waals surface area (Å²) >= 11 is 0. The Morgan fingerprint density at radius 1 is 1.16 bits per heavy atom. The van der Waals surface area contributed by atoms with Gasteiger partial charge in [-0.3, -0.25) is 19.3 Å². The number of hydrogen-bond donors (Lipinski definition) is 1. The highest BCUT2D eigenvalue weighted by molar-refractivity contribution is 6.45. The van der Waals surface area contributed by atoms with Crippen LogP contribution in [-0.4, -0.2) is 52.2 Å². The van der Waals surface area contributed by atoms with E-state index in [9.17, 15) is 19.2 Å². The first-order chi connectivity index (χ1) is 8.79. The van der Waals surface area contributed by atoms with E-state index < -0.39 is 36.3 Å². The smallest absolute Gasteiger partial charge is 0.334 e. The summed E-state index contributed by atoms with van der Waals surface area (Å²) in [4.78, 5) is 48.3. The van der Waals surface area contributed by atoms with Gasteiger partial charge in [-0.1, -0.05) is 6.92 Å². The van der Waals surface area contributed by atoms with Crippen LogP contribution in [0.3, 0.4) is 0 Å². The zero-order valence-electron chi connectivity index (χ0n) is 11.6. The quantitative estimate of drug-likeness (QED) is 0.566. The molecule has 1 aliphatic rings. The number of imide groups is 2. The monoisotopic (exact) mass is 269 g/mol. The summed E-state index contributed by atoms with van der Waals surface area (Å²) in [6.07, 6.45) is 0.741. The normalized spacial score (nSPS) is 17.4. The summed E-state index contributed by atoms with van der Waals surface area (Å²) in [5.41, 5.74) is 0. The highest BCUT2D eigenvalue weighted by Gasteiger charge is 2.46. The Hall–Kier alpha value is -1.92. The third-order valence-corrected chi connectivity index (χ3v) is 2.92. The molecule has 1 saturated heterocycles. The Morgan fingerprint density at radius 2 is 1.74 bits per heavy atom. The molecule has 7 nitrogen and oxygen atoms in total. The van der Waals surface area contributed by atoms with E-state index in [0.717, 1.165) is 11.3 Å². The Kier molecular flexibility index (Phi) is 4.63. The van der Waals surface area contributed by atoms with Gasteiger partial charge in [0.25, 0.3) is 0 Å². The van der Waals surface area contributed by atoms with E-state index in [1.165, 1.54) is 0 Å². The van der Waals surface area contributed by atoms with Crippen LogP contribution in [0.25, 0.3) is 0 Å². The maximum Gasteiger partial charge on any atom is 0.334 e. The molecule has 0 aliphatic carbocycles. The lowest BCUT2D eigenvalue weighted by Gasteiger charge is -2.19. The standard InChI is InChI=1S/C12H19N3O4/c1-5-8(4)13-9(16)6-14-10(17)11(18)15(7(2)3)12(14)19/h7-8H,5-6H2,1-4H3,(H,13,16)/t8-/m0/s1. The van der Waals surface area contributed by atoms with E-state index in [-0.39, 0.29) is 6.04 Å². The van der Waals surface area contributed by atoms with Gasteiger partial charge in [0.15, 0.2) is 0 Å². The first-order valence-electron chi connectivity index (χ1n) is 6.27. The Morgan fingerprint density at radius 3 is 2.16 bits per heavy atom. The van der Waals surface area contributed by atoms with E-state index in [0.29, 0.717) is 4.90 Å². The van der Waals surface area contributed by atoms with Gasteiger partial charge in [-0.15, -0.1) is 0 Å². The first-order valence-corrected chi connectivity index (χ1v) is 6.27. The number of carbonyl (C=O) groups is 4. The van der Waals surface area contributed by atoms with Crippen LogP contribution in [0, 0.1) is 0 Å². The van der Waals surface area contributed by atoms with Crippen molar-refractivity contribution >= 4 is 23.8 Å². The van der Waals surface area contributed by atoms with Gasteiger partial charge in [0.05, 0.1) is 0 Å². The van der Waals surface area contributed by atoms with E-state index in [1.54, 1.807) is 13.8 Å². The minimum absolute atomic E-state index is 0.0442. The van der Waals surface area contributed by atoms with Gasteiger partial charge in [-0.2, -0.15) is 0 Å². The zero-order valence-corrected chi connectivity index (χ0v) is 11.6. The van der Waals surface area contributed by atoms with Crippen LogP contribution in [0.15, 0.2) is 0 Å². The second kappa shape index (κ2) is 5.81. The van der Waals surface area contributed by atoms with E-state index >= 15 is 0 Å². The number of amides is 5. The molecule has 1 aliphatic heterocycles. The molecule has 0 aromatic heterocycles. The average molecular weight is 269 g/mol. The molecule has 0 aromatic carbocycles. The lowest BCUT2D eigenvalue weighted by Crippen LogP contribution is -2.44. The highest BCUT2D eigenvalue weighted by Crippen LogP contribution is 2.14. The Balaban J connectivity index is 2.74. The van der Waals surface area contributed by atoms with Gasteiger partial charge in [0, 0.05) is 12.1 Å². The molecule has 0 bridgehead atoms. The van der Waals surface area contributed by atoms with Gasteiger partial charge in [-0.05, 0) is 27.2 Å². The second-order valence-corrected chi connectivity index (χ2v) is 4.82. The van der Waals surface area contributed by atoms with Gasteiger partial charge >= 0.3 is 17.8 Å². The molecule has 1 heterocycles. The fourth-order valence-electron chi connectivity index (χ4n) is 1.68. The van der Waals surface area contributed by atoms with Crippen molar-refractivity contribution in [3.8, 4) is 0 Å². The fourth-order valence-corrected chi connectivity index (χ4v) is 1.68. The minimum atomic E-state index is -0.946. The van der Waals surface area contributed by atoms with Gasteiger partial charge in [-0.25, -0.2) is 9.69 Å². The van der Waals surface area contributed by atoms with Gasteiger partial charge in [0.1, 0.15) is 6.54 Å². The fraction of sp³-hybridized carbons (Fsp3) is 0.667. The molecule has 0 saturated carbocycles. The van der Waals surface area contributed by atoms with Crippen molar-refractivity contribution in [2.45, 2.75) is 46.2 Å². The van der Waals surface area contributed by atoms with E-state index in [4.69, 9.17) is 0 Å². The molecule has 0 aromatic rings. The largest absolute Gasteiger partial charge is 0.352 e. The predicted octanol–water partition coefficient (Wildman–Crippen LogP) is 0.100. The number of carbonyl (C=O) groups excluding carboxylic acids is 4. The average Bonchev–Trinajstić information content (AvgIpc) is 2.53. The molecule has 19 heavy (non-hydrogen) atoms. The number of hydrogen-bond acceptors (Lipinski definition) is 4. The van der Waals surface area contributed by atoms with Crippen molar-refractivity contribution in [3.05, 3.63) is 0 Å². The van der Waals surface area contributed by atoms with Crippen molar-refractivity contribution in [1.82, 2.24) is 15.1 Å². The number of nitrogens with one attached hydrogen (secondary N) is 1. The maximum atomic E-state index is 11.9. The first kappa shape index (κ1) is 15.1. The Labute approximate surface area is 111 Å². The summed E-state index contributed by atoms with van der Waals surface area (Å²) in [6, 6.07) is -1.19. The number of urea groups is 1. The van der Waals surface area contributed by atoms with Crippen LogP contribution >= 0.6 is 0 Å². The maximum absolute atomic E-state index is 11.9. The molecule has 0 spiro atoms. The van der Waals surface area contributed by atoms with Crippen LogP contribution in [-0.2, 0) is 14.4 Å². The number of rotatable bonds is 5. The van der Waals surface area contributed by atoms with Crippen LogP contribution in [0.2, 0.25) is 0 Å². The van der Waals surface area contributed by atoms with Crippen molar-refractivity contribution < 1.29 is 19.2 Å².